The maximum absolute atomic E-state index is 13.2. The van der Waals surface area contributed by atoms with Crippen molar-refractivity contribution in [3.05, 3.63) is 22.8 Å². The monoisotopic (exact) mass is 374 g/mol. The zero-order valence-electron chi connectivity index (χ0n) is 16.8. The minimum atomic E-state index is -0.896. The number of ether oxygens (including phenoxy) is 2. The van der Waals surface area contributed by atoms with E-state index in [1.54, 1.807) is 0 Å². The Bertz CT molecular complexity index is 796. The number of carbonyl (C=O) groups is 1. The third-order valence-corrected chi connectivity index (χ3v) is 7.05. The van der Waals surface area contributed by atoms with Crippen molar-refractivity contribution in [1.82, 2.24) is 0 Å². The highest BCUT2D eigenvalue weighted by atomic mass is 16.6. The van der Waals surface area contributed by atoms with Gasteiger partial charge < -0.3 is 19.7 Å². The number of fused-ring (bicyclic) bond motifs is 1. The van der Waals surface area contributed by atoms with Gasteiger partial charge in [0.1, 0.15) is 17.6 Å². The molecule has 2 fully saturated rings. The van der Waals surface area contributed by atoms with Crippen molar-refractivity contribution in [1.29, 1.82) is 0 Å². The molecule has 1 heterocycles. The Balaban J connectivity index is 2.06. The molecule has 148 valence electrons. The van der Waals surface area contributed by atoms with Crippen molar-refractivity contribution >= 4 is 5.97 Å². The first kappa shape index (κ1) is 18.6. The van der Waals surface area contributed by atoms with Crippen LogP contribution in [0.1, 0.15) is 82.6 Å². The van der Waals surface area contributed by atoms with Crippen LogP contribution < -0.4 is 0 Å². The Morgan fingerprint density at radius 2 is 1.96 bits per heavy atom. The van der Waals surface area contributed by atoms with Crippen LogP contribution in [0.2, 0.25) is 0 Å². The predicted molar refractivity (Wildman–Crippen MR) is 101 cm³/mol. The van der Waals surface area contributed by atoms with Crippen LogP contribution in [0.15, 0.2) is 6.07 Å². The molecule has 4 rings (SSSR count). The molecule has 0 radical (unpaired) electrons. The van der Waals surface area contributed by atoms with Crippen LogP contribution in [0.5, 0.6) is 11.5 Å². The molecule has 2 aliphatic carbocycles. The quantitative estimate of drug-likeness (QED) is 0.609. The number of phenolic OH excluding ortho intramolecular Hbond substituents is 2. The number of hydrogen-bond donors (Lipinski definition) is 2. The first-order valence-electron chi connectivity index (χ1n) is 10.1. The number of aromatic hydroxyl groups is 2. The summed E-state index contributed by atoms with van der Waals surface area (Å²) in [7, 11) is 0. The lowest BCUT2D eigenvalue weighted by Crippen LogP contribution is -2.54. The molecule has 1 aromatic rings. The smallest absolute Gasteiger partial charge is 0.317 e. The molecular weight excluding hydrogens is 344 g/mol. The van der Waals surface area contributed by atoms with Gasteiger partial charge in [0.05, 0.1) is 0 Å². The van der Waals surface area contributed by atoms with E-state index in [0.29, 0.717) is 24.2 Å². The molecule has 1 saturated carbocycles. The molecule has 0 amide bonds. The molecule has 5 heteroatoms. The van der Waals surface area contributed by atoms with Crippen LogP contribution in [0.3, 0.4) is 0 Å². The highest BCUT2D eigenvalue weighted by molar-refractivity contribution is 5.90. The average Bonchev–Trinajstić information content (AvgIpc) is 2.84. The lowest BCUT2D eigenvalue weighted by Gasteiger charge is -2.52. The molecule has 27 heavy (non-hydrogen) atoms. The van der Waals surface area contributed by atoms with Crippen LogP contribution in [0, 0.1) is 11.3 Å². The molecule has 2 bridgehead atoms. The van der Waals surface area contributed by atoms with Gasteiger partial charge in [-0.15, -0.1) is 0 Å². The van der Waals surface area contributed by atoms with Crippen LogP contribution >= 0.6 is 0 Å². The van der Waals surface area contributed by atoms with E-state index in [0.717, 1.165) is 18.4 Å². The molecule has 2 N–H and O–H groups in total. The summed E-state index contributed by atoms with van der Waals surface area (Å²) in [6.45, 7) is 10.7. The molecule has 0 aromatic heterocycles. The summed E-state index contributed by atoms with van der Waals surface area (Å²) in [6, 6.07) is 1.92. The molecule has 0 spiro atoms. The van der Waals surface area contributed by atoms with Gasteiger partial charge in [-0.25, -0.2) is 0 Å². The summed E-state index contributed by atoms with van der Waals surface area (Å²) in [6.07, 6.45) is 1.74. The zero-order valence-corrected chi connectivity index (χ0v) is 16.8. The third kappa shape index (κ3) is 2.24. The molecule has 1 aromatic carbocycles. The summed E-state index contributed by atoms with van der Waals surface area (Å²) in [4.78, 5) is 13.2. The van der Waals surface area contributed by atoms with Gasteiger partial charge in [-0.3, -0.25) is 4.79 Å². The van der Waals surface area contributed by atoms with Crippen LogP contribution in [-0.4, -0.2) is 28.9 Å². The first-order chi connectivity index (χ1) is 12.7. The summed E-state index contributed by atoms with van der Waals surface area (Å²) in [5.74, 6) is -0.600. The fourth-order valence-electron chi connectivity index (χ4n) is 6.05. The van der Waals surface area contributed by atoms with Crippen molar-refractivity contribution in [2.45, 2.75) is 77.4 Å². The Kier molecular flexibility index (Phi) is 4.05. The molecule has 3 unspecified atom stereocenters. The fourth-order valence-corrected chi connectivity index (χ4v) is 6.05. The number of benzene rings is 1. The van der Waals surface area contributed by atoms with Gasteiger partial charge in [0.25, 0.3) is 0 Å². The van der Waals surface area contributed by atoms with E-state index < -0.39 is 11.5 Å². The molecule has 1 saturated heterocycles. The first-order valence-corrected chi connectivity index (χ1v) is 10.1. The van der Waals surface area contributed by atoms with E-state index >= 15 is 0 Å². The second-order valence-corrected chi connectivity index (χ2v) is 9.32. The summed E-state index contributed by atoms with van der Waals surface area (Å²) in [5, 5.41) is 21.8. The normalized spacial score (nSPS) is 33.6. The van der Waals surface area contributed by atoms with Gasteiger partial charge in [0, 0.05) is 23.7 Å². The molecule has 4 atom stereocenters. The van der Waals surface area contributed by atoms with Gasteiger partial charge in [0.15, 0.2) is 11.5 Å². The average molecular weight is 374 g/mol. The van der Waals surface area contributed by atoms with E-state index in [2.05, 4.69) is 13.8 Å². The second kappa shape index (κ2) is 5.87. The maximum atomic E-state index is 13.2. The van der Waals surface area contributed by atoms with Gasteiger partial charge in [-0.05, 0) is 42.7 Å². The third-order valence-electron chi connectivity index (χ3n) is 7.05. The minimum Gasteiger partial charge on any atom is -0.504 e. The molecule has 1 aliphatic heterocycles. The summed E-state index contributed by atoms with van der Waals surface area (Å²) >= 11 is 0. The van der Waals surface area contributed by atoms with Crippen molar-refractivity contribution < 1.29 is 24.5 Å². The van der Waals surface area contributed by atoms with E-state index in [1.807, 2.05) is 26.8 Å². The Hall–Kier alpha value is -1.75. The lowest BCUT2D eigenvalue weighted by molar-refractivity contribution is -0.150. The Morgan fingerprint density at radius 3 is 2.59 bits per heavy atom. The number of esters is 1. The SMILES string of the molecule is CCOC1c2cc(C(C)C)c(O)c(O)c2[C@@]23CCCC(C)(C)C2C1OC3=O. The topological polar surface area (TPSA) is 76.0 Å². The summed E-state index contributed by atoms with van der Waals surface area (Å²) in [5.41, 5.74) is 1.00. The maximum Gasteiger partial charge on any atom is 0.317 e. The van der Waals surface area contributed by atoms with Crippen LogP contribution in [-0.2, 0) is 19.7 Å². The standard InChI is InChI=1S/C22H30O5/c1-6-26-17-13-10-12(11(2)3)15(23)16(24)14(13)22-9-7-8-21(4,5)19(22)18(17)27-20(22)25/h10-11,17-19,23-24H,6-9H2,1-5H3/t17?,18?,19?,22-/m0/s1. The van der Waals surface area contributed by atoms with E-state index in [1.165, 1.54) is 0 Å². The molecule has 5 nitrogen and oxygen atoms in total. The Labute approximate surface area is 160 Å². The summed E-state index contributed by atoms with van der Waals surface area (Å²) < 4.78 is 12.0. The lowest BCUT2D eigenvalue weighted by atomic mass is 9.49. The minimum absolute atomic E-state index is 0.0377. The number of phenols is 2. The molecular formula is C22H30O5. The van der Waals surface area contributed by atoms with E-state index in [-0.39, 0.29) is 40.8 Å². The van der Waals surface area contributed by atoms with Gasteiger partial charge in [-0.1, -0.05) is 34.1 Å². The van der Waals surface area contributed by atoms with E-state index in [4.69, 9.17) is 9.47 Å². The van der Waals surface area contributed by atoms with Gasteiger partial charge in [-0.2, -0.15) is 0 Å². The fraction of sp³-hybridized carbons (Fsp3) is 0.682. The van der Waals surface area contributed by atoms with E-state index in [9.17, 15) is 15.0 Å². The van der Waals surface area contributed by atoms with Crippen molar-refractivity contribution in [2.75, 3.05) is 6.61 Å². The van der Waals surface area contributed by atoms with Crippen molar-refractivity contribution in [3.63, 3.8) is 0 Å². The number of rotatable bonds is 3. The predicted octanol–water partition coefficient (Wildman–Crippen LogP) is 4.30. The highest BCUT2D eigenvalue weighted by Gasteiger charge is 2.70. The van der Waals surface area contributed by atoms with Gasteiger partial charge in [0.2, 0.25) is 0 Å². The molecule has 3 aliphatic rings. The highest BCUT2D eigenvalue weighted by Crippen LogP contribution is 2.67. The number of carbonyl (C=O) groups excluding carboxylic acids is 1. The van der Waals surface area contributed by atoms with Gasteiger partial charge >= 0.3 is 5.97 Å². The van der Waals surface area contributed by atoms with Crippen LogP contribution in [0.4, 0.5) is 0 Å². The van der Waals surface area contributed by atoms with Crippen molar-refractivity contribution in [3.8, 4) is 11.5 Å². The van der Waals surface area contributed by atoms with Crippen LogP contribution in [0.25, 0.3) is 0 Å². The largest absolute Gasteiger partial charge is 0.504 e. The van der Waals surface area contributed by atoms with Crippen molar-refractivity contribution in [2.24, 2.45) is 11.3 Å². The Morgan fingerprint density at radius 1 is 1.26 bits per heavy atom. The second-order valence-electron chi connectivity index (χ2n) is 9.32. The number of hydrogen-bond acceptors (Lipinski definition) is 5. The zero-order chi connectivity index (χ0) is 19.7.